The van der Waals surface area contributed by atoms with E-state index < -0.39 is 0 Å². The monoisotopic (exact) mass is 611 g/mol. The summed E-state index contributed by atoms with van der Waals surface area (Å²) in [6, 6.07) is 57.8. The van der Waals surface area contributed by atoms with Gasteiger partial charge in [-0.15, -0.1) is 0 Å². The van der Waals surface area contributed by atoms with E-state index in [1.807, 2.05) is 18.5 Å². The lowest BCUT2D eigenvalue weighted by molar-refractivity contribution is 1.19. The Labute approximate surface area is 278 Å². The summed E-state index contributed by atoms with van der Waals surface area (Å²) in [6.07, 6.45) is 3.76. The second-order valence-electron chi connectivity index (χ2n) is 12.1. The molecule has 0 bridgehead atoms. The number of hydrogen-bond donors (Lipinski definition) is 0. The minimum absolute atomic E-state index is 0.705. The third-order valence-electron chi connectivity index (χ3n) is 9.13. The Bertz CT molecular complexity index is 2620. The van der Waals surface area contributed by atoms with Gasteiger partial charge in [-0.2, -0.15) is 0 Å². The van der Waals surface area contributed by atoms with Gasteiger partial charge in [-0.3, -0.25) is 4.98 Å². The van der Waals surface area contributed by atoms with Crippen LogP contribution in [0.1, 0.15) is 0 Å². The minimum atomic E-state index is 0.705. The highest BCUT2D eigenvalue weighted by atomic mass is 14.9. The normalized spacial score (nSPS) is 11.3. The molecule has 9 aromatic rings. The highest BCUT2D eigenvalue weighted by molar-refractivity contribution is 6.00. The van der Waals surface area contributed by atoms with Crippen LogP contribution in [0.4, 0.5) is 0 Å². The van der Waals surface area contributed by atoms with Gasteiger partial charge in [-0.25, -0.2) is 9.97 Å². The highest BCUT2D eigenvalue weighted by Gasteiger charge is 2.15. The van der Waals surface area contributed by atoms with Crippen LogP contribution in [0.3, 0.4) is 0 Å². The number of hydrogen-bond acceptors (Lipinski definition) is 3. The third kappa shape index (κ3) is 5.08. The summed E-state index contributed by atoms with van der Waals surface area (Å²) in [5, 5.41) is 7.12. The SMILES string of the molecule is c1cc(-c2cc(-c3cccnc3)c3ccccc3c2)cc(-c2cc(-c3cccc4ccccc34)nc(-c3ccc4ccccc4c3)n2)c1. The van der Waals surface area contributed by atoms with Crippen LogP contribution in [0.5, 0.6) is 0 Å². The average molecular weight is 612 g/mol. The summed E-state index contributed by atoms with van der Waals surface area (Å²) in [5.41, 5.74) is 9.43. The molecule has 2 heterocycles. The quantitative estimate of drug-likeness (QED) is 0.194. The molecule has 0 radical (unpaired) electrons. The van der Waals surface area contributed by atoms with E-state index in [1.165, 1.54) is 37.9 Å². The fourth-order valence-electron chi connectivity index (χ4n) is 6.74. The molecule has 7 aromatic carbocycles. The molecule has 0 saturated carbocycles. The average Bonchev–Trinajstić information content (AvgIpc) is 3.17. The van der Waals surface area contributed by atoms with Crippen molar-refractivity contribution in [2.75, 3.05) is 0 Å². The molecule has 0 fully saturated rings. The first-order valence-electron chi connectivity index (χ1n) is 16.2. The van der Waals surface area contributed by atoms with Crippen molar-refractivity contribution in [1.29, 1.82) is 0 Å². The van der Waals surface area contributed by atoms with Crippen molar-refractivity contribution >= 4 is 32.3 Å². The molecule has 0 unspecified atom stereocenters. The van der Waals surface area contributed by atoms with Crippen LogP contribution in [0.2, 0.25) is 0 Å². The van der Waals surface area contributed by atoms with E-state index in [1.54, 1.807) is 0 Å². The molecule has 0 saturated heterocycles. The fraction of sp³-hybridized carbons (Fsp3) is 0. The summed E-state index contributed by atoms with van der Waals surface area (Å²) in [7, 11) is 0. The molecule has 0 aliphatic rings. The van der Waals surface area contributed by atoms with Gasteiger partial charge in [-0.1, -0.05) is 127 Å². The summed E-state index contributed by atoms with van der Waals surface area (Å²) in [6.45, 7) is 0. The van der Waals surface area contributed by atoms with E-state index in [0.29, 0.717) is 5.82 Å². The maximum absolute atomic E-state index is 5.22. The van der Waals surface area contributed by atoms with Gasteiger partial charge in [-0.05, 0) is 85.4 Å². The van der Waals surface area contributed by atoms with Crippen molar-refractivity contribution in [3.05, 3.63) is 176 Å². The van der Waals surface area contributed by atoms with E-state index in [9.17, 15) is 0 Å². The number of pyridine rings is 1. The topological polar surface area (TPSA) is 38.7 Å². The number of rotatable bonds is 5. The molecule has 0 N–H and O–H groups in total. The first kappa shape index (κ1) is 27.8. The van der Waals surface area contributed by atoms with Gasteiger partial charge in [0.05, 0.1) is 11.4 Å². The third-order valence-corrected chi connectivity index (χ3v) is 9.13. The van der Waals surface area contributed by atoms with Crippen LogP contribution in [-0.4, -0.2) is 15.0 Å². The zero-order valence-electron chi connectivity index (χ0n) is 26.1. The molecule has 0 spiro atoms. The standard InChI is InChI=1S/C45H29N3/c1-2-12-32-25-36(22-21-30(32)10-1)45-47-43(28-44(48-45)41-20-8-14-31-11-3-5-18-39(31)41)35-16-7-15-33(24-35)38-26-34-13-4-6-19-40(34)42(27-38)37-17-9-23-46-29-37/h1-29H. The minimum Gasteiger partial charge on any atom is -0.264 e. The molecule has 3 nitrogen and oxygen atoms in total. The maximum atomic E-state index is 5.22. The van der Waals surface area contributed by atoms with Crippen LogP contribution < -0.4 is 0 Å². The highest BCUT2D eigenvalue weighted by Crippen LogP contribution is 2.37. The molecule has 0 amide bonds. The summed E-state index contributed by atoms with van der Waals surface area (Å²) in [5.74, 6) is 0.705. The molecule has 0 aliphatic heterocycles. The van der Waals surface area contributed by atoms with Crippen molar-refractivity contribution < 1.29 is 0 Å². The molecule has 48 heavy (non-hydrogen) atoms. The van der Waals surface area contributed by atoms with Crippen molar-refractivity contribution in [3.8, 4) is 56.2 Å². The first-order valence-corrected chi connectivity index (χ1v) is 16.2. The molecule has 224 valence electrons. The fourth-order valence-corrected chi connectivity index (χ4v) is 6.74. The van der Waals surface area contributed by atoms with Crippen LogP contribution in [-0.2, 0) is 0 Å². The van der Waals surface area contributed by atoms with Crippen LogP contribution in [0.15, 0.2) is 176 Å². The number of fused-ring (bicyclic) bond motifs is 3. The lowest BCUT2D eigenvalue weighted by Gasteiger charge is -2.13. The lowest BCUT2D eigenvalue weighted by atomic mass is 9.93. The Morgan fingerprint density at radius 2 is 1.00 bits per heavy atom. The molecule has 3 heteroatoms. The second kappa shape index (κ2) is 11.7. The van der Waals surface area contributed by atoms with E-state index >= 15 is 0 Å². The van der Waals surface area contributed by atoms with Gasteiger partial charge in [0.1, 0.15) is 0 Å². The molecule has 9 rings (SSSR count). The van der Waals surface area contributed by atoms with Crippen molar-refractivity contribution in [3.63, 3.8) is 0 Å². The number of benzene rings is 7. The molecular weight excluding hydrogens is 583 g/mol. The second-order valence-corrected chi connectivity index (χ2v) is 12.1. The van der Waals surface area contributed by atoms with Crippen molar-refractivity contribution in [2.45, 2.75) is 0 Å². The van der Waals surface area contributed by atoms with Gasteiger partial charge >= 0.3 is 0 Å². The Morgan fingerprint density at radius 1 is 0.333 bits per heavy atom. The maximum Gasteiger partial charge on any atom is 0.160 e. The van der Waals surface area contributed by atoms with Gasteiger partial charge in [0.15, 0.2) is 5.82 Å². The number of nitrogens with zero attached hydrogens (tertiary/aromatic N) is 3. The molecule has 0 atom stereocenters. The molecular formula is C45H29N3. The Morgan fingerprint density at radius 3 is 1.85 bits per heavy atom. The van der Waals surface area contributed by atoms with Crippen LogP contribution in [0.25, 0.3) is 88.5 Å². The van der Waals surface area contributed by atoms with Crippen molar-refractivity contribution in [1.82, 2.24) is 15.0 Å². The predicted octanol–water partition coefficient (Wildman–Crippen LogP) is 11.7. The van der Waals surface area contributed by atoms with E-state index in [2.05, 4.69) is 163 Å². The van der Waals surface area contributed by atoms with Gasteiger partial charge < -0.3 is 0 Å². The Kier molecular flexibility index (Phi) is 6.80. The zero-order chi connectivity index (χ0) is 31.9. The lowest BCUT2D eigenvalue weighted by Crippen LogP contribution is -1.97. The van der Waals surface area contributed by atoms with E-state index in [-0.39, 0.29) is 0 Å². The Balaban J connectivity index is 1.23. The smallest absolute Gasteiger partial charge is 0.160 e. The Hall–Kier alpha value is -6.45. The van der Waals surface area contributed by atoms with E-state index in [4.69, 9.17) is 9.97 Å². The predicted molar refractivity (Wildman–Crippen MR) is 200 cm³/mol. The zero-order valence-corrected chi connectivity index (χ0v) is 26.1. The van der Waals surface area contributed by atoms with Crippen molar-refractivity contribution in [2.24, 2.45) is 0 Å². The summed E-state index contributed by atoms with van der Waals surface area (Å²) < 4.78 is 0. The number of aromatic nitrogens is 3. The van der Waals surface area contributed by atoms with Gasteiger partial charge in [0.25, 0.3) is 0 Å². The molecule has 0 aliphatic carbocycles. The van der Waals surface area contributed by atoms with Gasteiger partial charge in [0, 0.05) is 34.6 Å². The summed E-state index contributed by atoms with van der Waals surface area (Å²) >= 11 is 0. The first-order chi connectivity index (χ1) is 23.8. The summed E-state index contributed by atoms with van der Waals surface area (Å²) in [4.78, 5) is 14.8. The van der Waals surface area contributed by atoms with E-state index in [0.717, 1.165) is 44.8 Å². The van der Waals surface area contributed by atoms with Crippen LogP contribution >= 0.6 is 0 Å². The van der Waals surface area contributed by atoms with Gasteiger partial charge in [0.2, 0.25) is 0 Å². The largest absolute Gasteiger partial charge is 0.264 e. The molecule has 2 aromatic heterocycles. The van der Waals surface area contributed by atoms with Crippen LogP contribution in [0, 0.1) is 0 Å².